The molecule has 0 spiro atoms. The van der Waals surface area contributed by atoms with Gasteiger partial charge in [-0.15, -0.1) is 0 Å². The van der Waals surface area contributed by atoms with Gasteiger partial charge in [-0.3, -0.25) is 9.59 Å². The van der Waals surface area contributed by atoms with Crippen molar-refractivity contribution < 1.29 is 9.59 Å². The Hall–Kier alpha value is -2.41. The molecule has 1 aliphatic rings. The highest BCUT2D eigenvalue weighted by molar-refractivity contribution is 5.83. The molecule has 0 radical (unpaired) electrons. The fraction of sp³-hybridized carbons (Fsp3) is 0.550. The van der Waals surface area contributed by atoms with Crippen molar-refractivity contribution in [2.75, 3.05) is 13.1 Å². The maximum Gasteiger partial charge on any atom is 0.250 e. The van der Waals surface area contributed by atoms with Gasteiger partial charge in [-0.25, -0.2) is 0 Å². The molecule has 0 saturated carbocycles. The number of rotatable bonds is 7. The molecule has 0 aliphatic carbocycles. The Morgan fingerprint density at radius 2 is 1.96 bits per heavy atom. The number of aromatic nitrogens is 2. The number of nitrogens with zero attached hydrogens (tertiary/aromatic N) is 3. The first kappa shape index (κ1) is 19.4. The van der Waals surface area contributed by atoms with Crippen molar-refractivity contribution in [3.05, 3.63) is 29.9 Å². The van der Waals surface area contributed by atoms with Crippen molar-refractivity contribution >= 4 is 22.8 Å². The monoisotopic (exact) mass is 371 g/mol. The second-order valence-electron chi connectivity index (χ2n) is 6.88. The van der Waals surface area contributed by atoms with Crippen LogP contribution >= 0.6 is 0 Å². The van der Waals surface area contributed by atoms with Gasteiger partial charge in [-0.1, -0.05) is 19.1 Å². The zero-order valence-corrected chi connectivity index (χ0v) is 16.2. The Kier molecular flexibility index (Phi) is 6.45. The molecule has 2 amide bonds. The number of aryl methyl sites for hydroxylation is 2. The Labute approximate surface area is 159 Å². The van der Waals surface area contributed by atoms with Crippen LogP contribution in [0, 0.1) is 0 Å². The van der Waals surface area contributed by atoms with Crippen molar-refractivity contribution in [3.8, 4) is 0 Å². The normalized spacial score (nSPS) is 17.6. The number of nitrogens with one attached hydrogen (secondary N) is 2. The maximum atomic E-state index is 12.5. The minimum atomic E-state index is -0.211. The summed E-state index contributed by atoms with van der Waals surface area (Å²) in [4.78, 5) is 28.9. The van der Waals surface area contributed by atoms with E-state index in [0.717, 1.165) is 49.9 Å². The van der Waals surface area contributed by atoms with Crippen LogP contribution in [0.15, 0.2) is 29.3 Å². The summed E-state index contributed by atoms with van der Waals surface area (Å²) >= 11 is 0. The van der Waals surface area contributed by atoms with Gasteiger partial charge in [0.2, 0.25) is 11.5 Å². The van der Waals surface area contributed by atoms with Crippen molar-refractivity contribution in [1.82, 2.24) is 19.8 Å². The van der Waals surface area contributed by atoms with Gasteiger partial charge in [-0.2, -0.15) is 4.99 Å². The number of carbonyl (C=O) groups is 2. The third kappa shape index (κ3) is 4.30. The molecular formula is C20H29N5O2. The van der Waals surface area contributed by atoms with E-state index in [4.69, 9.17) is 0 Å². The van der Waals surface area contributed by atoms with Crippen LogP contribution < -0.4 is 16.3 Å². The lowest BCUT2D eigenvalue weighted by molar-refractivity contribution is -0.123. The lowest BCUT2D eigenvalue weighted by Gasteiger charge is -2.10. The van der Waals surface area contributed by atoms with Crippen LogP contribution in [0.4, 0.5) is 0 Å². The minimum absolute atomic E-state index is 0.0241. The van der Waals surface area contributed by atoms with Gasteiger partial charge in [0, 0.05) is 26.1 Å². The summed E-state index contributed by atoms with van der Waals surface area (Å²) in [7, 11) is 0. The summed E-state index contributed by atoms with van der Waals surface area (Å²) < 4.78 is 4.18. The predicted molar refractivity (Wildman–Crippen MR) is 105 cm³/mol. The molecule has 0 bridgehead atoms. The predicted octanol–water partition coefficient (Wildman–Crippen LogP) is 1.56. The number of amides is 2. The summed E-state index contributed by atoms with van der Waals surface area (Å²) in [6.07, 6.45) is 3.04. The van der Waals surface area contributed by atoms with E-state index in [2.05, 4.69) is 50.7 Å². The second kappa shape index (κ2) is 8.99. The molecule has 1 aliphatic heterocycles. The molecule has 1 saturated heterocycles. The standard InChI is InChI=1S/C20H29N5O2/c1-3-14-25-17-10-6-5-9-16(17)24(4-2)20(25)23-18(26)11-13-22-19(27)15-8-7-12-21-15/h5-6,9-10,15,21H,3-4,7-8,11-14H2,1-2H3,(H,22,27). The average molecular weight is 371 g/mol. The summed E-state index contributed by atoms with van der Waals surface area (Å²) in [6, 6.07) is 8.01. The molecule has 7 heteroatoms. The zero-order chi connectivity index (χ0) is 19.2. The highest BCUT2D eigenvalue weighted by atomic mass is 16.2. The van der Waals surface area contributed by atoms with Gasteiger partial charge in [0.1, 0.15) is 0 Å². The molecule has 2 aromatic rings. The van der Waals surface area contributed by atoms with Crippen LogP contribution in [-0.4, -0.2) is 40.1 Å². The van der Waals surface area contributed by atoms with Crippen LogP contribution in [0.2, 0.25) is 0 Å². The van der Waals surface area contributed by atoms with E-state index in [1.54, 1.807) is 0 Å². The number of carbonyl (C=O) groups excluding carboxylic acids is 2. The van der Waals surface area contributed by atoms with Gasteiger partial charge in [-0.05, 0) is 44.9 Å². The van der Waals surface area contributed by atoms with E-state index < -0.39 is 0 Å². The fourth-order valence-corrected chi connectivity index (χ4v) is 3.65. The number of fused-ring (bicyclic) bond motifs is 1. The number of para-hydroxylation sites is 2. The molecule has 1 aromatic carbocycles. The number of imidazole rings is 1. The average Bonchev–Trinajstić information content (AvgIpc) is 3.30. The summed E-state index contributed by atoms with van der Waals surface area (Å²) in [5, 5.41) is 6.00. The van der Waals surface area contributed by atoms with Crippen LogP contribution in [0.1, 0.15) is 39.5 Å². The molecule has 2 heterocycles. The fourth-order valence-electron chi connectivity index (χ4n) is 3.65. The number of hydrogen-bond acceptors (Lipinski definition) is 3. The van der Waals surface area contributed by atoms with Gasteiger partial charge in [0.25, 0.3) is 5.91 Å². The van der Waals surface area contributed by atoms with E-state index in [0.29, 0.717) is 12.2 Å². The van der Waals surface area contributed by atoms with Crippen molar-refractivity contribution in [1.29, 1.82) is 0 Å². The minimum Gasteiger partial charge on any atom is -0.354 e. The van der Waals surface area contributed by atoms with Crippen LogP contribution in [0.25, 0.3) is 11.0 Å². The van der Waals surface area contributed by atoms with Gasteiger partial charge in [0.05, 0.1) is 17.1 Å². The summed E-state index contributed by atoms with van der Waals surface area (Å²) in [6.45, 7) is 6.92. The van der Waals surface area contributed by atoms with E-state index >= 15 is 0 Å². The molecule has 1 atom stereocenters. The van der Waals surface area contributed by atoms with E-state index in [1.165, 1.54) is 0 Å². The first-order valence-corrected chi connectivity index (χ1v) is 9.92. The van der Waals surface area contributed by atoms with Gasteiger partial charge < -0.3 is 19.8 Å². The first-order chi connectivity index (χ1) is 13.2. The van der Waals surface area contributed by atoms with Crippen LogP contribution in [0.3, 0.4) is 0 Å². The lowest BCUT2D eigenvalue weighted by Crippen LogP contribution is -2.41. The first-order valence-electron chi connectivity index (χ1n) is 9.92. The van der Waals surface area contributed by atoms with Gasteiger partial charge in [0.15, 0.2) is 0 Å². The Balaban J connectivity index is 1.76. The molecule has 1 aromatic heterocycles. The Bertz CT molecular complexity index is 874. The topological polar surface area (TPSA) is 80.4 Å². The van der Waals surface area contributed by atoms with Crippen LogP contribution in [-0.2, 0) is 22.7 Å². The number of benzene rings is 1. The summed E-state index contributed by atoms with van der Waals surface area (Å²) in [5.74, 6) is -0.235. The molecule has 3 rings (SSSR count). The van der Waals surface area contributed by atoms with E-state index in [9.17, 15) is 9.59 Å². The molecule has 146 valence electrons. The van der Waals surface area contributed by atoms with Gasteiger partial charge >= 0.3 is 0 Å². The van der Waals surface area contributed by atoms with Crippen molar-refractivity contribution in [2.24, 2.45) is 4.99 Å². The summed E-state index contributed by atoms with van der Waals surface area (Å²) in [5.41, 5.74) is 2.86. The van der Waals surface area contributed by atoms with Crippen molar-refractivity contribution in [3.63, 3.8) is 0 Å². The van der Waals surface area contributed by atoms with E-state index in [-0.39, 0.29) is 24.3 Å². The zero-order valence-electron chi connectivity index (χ0n) is 16.2. The lowest BCUT2D eigenvalue weighted by atomic mass is 10.2. The molecule has 2 N–H and O–H groups in total. The maximum absolute atomic E-state index is 12.5. The third-order valence-corrected chi connectivity index (χ3v) is 4.95. The van der Waals surface area contributed by atoms with E-state index in [1.807, 2.05) is 12.1 Å². The SMILES string of the molecule is CCCn1c(=NC(=O)CCNC(=O)C2CCCN2)n(CC)c2ccccc21. The molecule has 1 unspecified atom stereocenters. The molecule has 27 heavy (non-hydrogen) atoms. The highest BCUT2D eigenvalue weighted by Gasteiger charge is 2.21. The van der Waals surface area contributed by atoms with Crippen LogP contribution in [0.5, 0.6) is 0 Å². The van der Waals surface area contributed by atoms with Crippen molar-refractivity contribution in [2.45, 2.75) is 58.7 Å². The molecular weight excluding hydrogens is 342 g/mol. The Morgan fingerprint density at radius 3 is 2.59 bits per heavy atom. The quantitative estimate of drug-likeness (QED) is 0.775. The largest absolute Gasteiger partial charge is 0.354 e. The molecule has 7 nitrogen and oxygen atoms in total. The smallest absolute Gasteiger partial charge is 0.250 e. The second-order valence-corrected chi connectivity index (χ2v) is 6.88. The highest BCUT2D eigenvalue weighted by Crippen LogP contribution is 2.13. The Morgan fingerprint density at radius 1 is 1.22 bits per heavy atom. The molecule has 1 fully saturated rings. The number of hydrogen-bond donors (Lipinski definition) is 2. The third-order valence-electron chi connectivity index (χ3n) is 4.95.